The highest BCUT2D eigenvalue weighted by Gasteiger charge is 2.37. The van der Waals surface area contributed by atoms with Gasteiger partial charge in [0.2, 0.25) is 0 Å². The topological polar surface area (TPSA) is 32.3 Å². The minimum atomic E-state index is -4.55. The smallest absolute Gasteiger partial charge is 0.374 e. The number of alkyl halides is 6. The first-order valence-electron chi connectivity index (χ1n) is 10.8. The number of nitrogens with one attached hydrogen (secondary N) is 1. The van der Waals surface area contributed by atoms with Crippen molar-refractivity contribution >= 4 is 23.4 Å². The van der Waals surface area contributed by atoms with E-state index in [2.05, 4.69) is 5.32 Å². The van der Waals surface area contributed by atoms with Gasteiger partial charge in [0, 0.05) is 16.6 Å². The molecule has 0 bridgehead atoms. The maximum atomic E-state index is 13.4. The standard InChI is InChI=1S/C26H20F6N2OS/c1-16(17-6-3-2-4-7-17)33-22-15-23(18-8-5-9-21(14-18)36-26(30,31)32)34(24(22)35)20-12-10-19(11-13-20)25(27,28)29/h2-16,23,33H,1H3/t16-,23+/m1/s1. The predicted octanol–water partition coefficient (Wildman–Crippen LogP) is 7.64. The predicted molar refractivity (Wildman–Crippen MR) is 126 cm³/mol. The number of amides is 1. The Labute approximate surface area is 207 Å². The van der Waals surface area contributed by atoms with Gasteiger partial charge in [0.05, 0.1) is 17.3 Å². The molecule has 0 aromatic heterocycles. The Morgan fingerprint density at radius 1 is 0.889 bits per heavy atom. The Morgan fingerprint density at radius 2 is 1.56 bits per heavy atom. The molecule has 1 N–H and O–H groups in total. The molecule has 3 aromatic rings. The zero-order valence-electron chi connectivity index (χ0n) is 18.8. The Morgan fingerprint density at radius 3 is 2.17 bits per heavy atom. The molecule has 4 rings (SSSR count). The summed E-state index contributed by atoms with van der Waals surface area (Å²) < 4.78 is 78.0. The summed E-state index contributed by atoms with van der Waals surface area (Å²) in [4.78, 5) is 14.7. The Bertz CT molecular complexity index is 1260. The number of benzene rings is 3. The molecule has 3 aromatic carbocycles. The van der Waals surface area contributed by atoms with Crippen molar-refractivity contribution in [2.75, 3.05) is 4.90 Å². The van der Waals surface area contributed by atoms with Crippen LogP contribution < -0.4 is 10.2 Å². The fourth-order valence-electron chi connectivity index (χ4n) is 3.96. The van der Waals surface area contributed by atoms with Gasteiger partial charge in [-0.2, -0.15) is 26.3 Å². The van der Waals surface area contributed by atoms with Crippen LogP contribution in [0.5, 0.6) is 0 Å². The van der Waals surface area contributed by atoms with Crippen LogP contribution >= 0.6 is 11.8 Å². The van der Waals surface area contributed by atoms with Crippen LogP contribution in [0.3, 0.4) is 0 Å². The lowest BCUT2D eigenvalue weighted by Crippen LogP contribution is -2.33. The third kappa shape index (κ3) is 5.87. The highest BCUT2D eigenvalue weighted by Crippen LogP contribution is 2.41. The summed E-state index contributed by atoms with van der Waals surface area (Å²) in [6, 6.07) is 18.0. The van der Waals surface area contributed by atoms with Crippen LogP contribution in [0.4, 0.5) is 32.0 Å². The number of hydrogen-bond donors (Lipinski definition) is 1. The van der Waals surface area contributed by atoms with Crippen molar-refractivity contribution in [2.45, 2.75) is 35.6 Å². The fraction of sp³-hybridized carbons (Fsp3) is 0.192. The quantitative estimate of drug-likeness (QED) is 0.267. The van der Waals surface area contributed by atoms with E-state index >= 15 is 0 Å². The van der Waals surface area contributed by atoms with Gasteiger partial charge in [-0.3, -0.25) is 9.69 Å². The molecule has 0 unspecified atom stereocenters. The molecular formula is C26H20F6N2OS. The van der Waals surface area contributed by atoms with E-state index in [9.17, 15) is 31.1 Å². The molecule has 0 fully saturated rings. The number of rotatable bonds is 6. The summed E-state index contributed by atoms with van der Waals surface area (Å²) in [6.07, 6.45) is -2.97. The van der Waals surface area contributed by atoms with Gasteiger partial charge in [-0.15, -0.1) is 0 Å². The Balaban J connectivity index is 1.71. The number of hydrogen-bond acceptors (Lipinski definition) is 3. The summed E-state index contributed by atoms with van der Waals surface area (Å²) in [5.74, 6) is -0.503. The van der Waals surface area contributed by atoms with Crippen LogP contribution in [-0.4, -0.2) is 11.4 Å². The molecule has 10 heteroatoms. The number of anilines is 1. The third-order valence-electron chi connectivity index (χ3n) is 5.63. The second-order valence-electron chi connectivity index (χ2n) is 8.14. The maximum absolute atomic E-state index is 13.4. The monoisotopic (exact) mass is 522 g/mol. The molecule has 0 saturated heterocycles. The third-order valence-corrected chi connectivity index (χ3v) is 6.35. The summed E-state index contributed by atoms with van der Waals surface area (Å²) >= 11 is -0.280. The number of carbonyl (C=O) groups is 1. The van der Waals surface area contributed by atoms with Crippen LogP contribution in [0.1, 0.15) is 35.7 Å². The number of carbonyl (C=O) groups excluding carboxylic acids is 1. The first-order chi connectivity index (χ1) is 16.9. The van der Waals surface area contributed by atoms with Crippen LogP contribution in [-0.2, 0) is 11.0 Å². The fourth-order valence-corrected chi connectivity index (χ4v) is 4.57. The maximum Gasteiger partial charge on any atom is 0.446 e. The summed E-state index contributed by atoms with van der Waals surface area (Å²) in [5.41, 5.74) is -3.69. The summed E-state index contributed by atoms with van der Waals surface area (Å²) in [6.45, 7) is 1.85. The molecular weight excluding hydrogens is 502 g/mol. The number of nitrogens with zero attached hydrogens (tertiary/aromatic N) is 1. The molecule has 1 amide bonds. The lowest BCUT2D eigenvalue weighted by molar-refractivity contribution is -0.137. The molecule has 0 saturated carbocycles. The van der Waals surface area contributed by atoms with Gasteiger partial charge in [-0.05, 0) is 72.3 Å². The first-order valence-corrected chi connectivity index (χ1v) is 11.6. The van der Waals surface area contributed by atoms with Crippen LogP contribution in [0.25, 0.3) is 0 Å². The molecule has 1 aliphatic rings. The second-order valence-corrected chi connectivity index (χ2v) is 9.28. The van der Waals surface area contributed by atoms with Gasteiger partial charge in [0.15, 0.2) is 0 Å². The van der Waals surface area contributed by atoms with E-state index in [0.717, 1.165) is 17.7 Å². The van der Waals surface area contributed by atoms with Crippen LogP contribution in [0, 0.1) is 0 Å². The molecule has 1 heterocycles. The molecule has 0 radical (unpaired) electrons. The van der Waals surface area contributed by atoms with Crippen molar-refractivity contribution in [3.63, 3.8) is 0 Å². The minimum absolute atomic E-state index is 0.0627. The van der Waals surface area contributed by atoms with Crippen LogP contribution in [0.2, 0.25) is 0 Å². The lowest BCUT2D eigenvalue weighted by atomic mass is 10.1. The highest BCUT2D eigenvalue weighted by atomic mass is 32.2. The van der Waals surface area contributed by atoms with E-state index in [-0.39, 0.29) is 34.1 Å². The zero-order valence-corrected chi connectivity index (χ0v) is 19.6. The van der Waals surface area contributed by atoms with Crippen LogP contribution in [0.15, 0.2) is 95.5 Å². The molecule has 36 heavy (non-hydrogen) atoms. The van der Waals surface area contributed by atoms with Gasteiger partial charge >= 0.3 is 11.7 Å². The SMILES string of the molecule is C[C@@H](NC1=C[C@@H](c2cccc(SC(F)(F)F)c2)N(c2ccc(C(F)(F)F)cc2)C1=O)c1ccccc1. The Hall–Kier alpha value is -3.40. The molecule has 0 aliphatic carbocycles. The van der Waals surface area contributed by atoms with E-state index < -0.39 is 29.2 Å². The van der Waals surface area contributed by atoms with E-state index in [1.54, 1.807) is 12.1 Å². The van der Waals surface area contributed by atoms with Crippen molar-refractivity contribution in [2.24, 2.45) is 0 Å². The molecule has 2 atom stereocenters. The highest BCUT2D eigenvalue weighted by molar-refractivity contribution is 8.00. The van der Waals surface area contributed by atoms with Crippen molar-refractivity contribution < 1.29 is 31.1 Å². The molecule has 188 valence electrons. The number of thioether (sulfide) groups is 1. The average molecular weight is 523 g/mol. The van der Waals surface area contributed by atoms with Crippen molar-refractivity contribution in [1.82, 2.24) is 5.32 Å². The van der Waals surface area contributed by atoms with Crippen molar-refractivity contribution in [1.29, 1.82) is 0 Å². The van der Waals surface area contributed by atoms with Gasteiger partial charge in [0.25, 0.3) is 5.91 Å². The van der Waals surface area contributed by atoms with E-state index in [0.29, 0.717) is 5.56 Å². The summed E-state index contributed by atoms with van der Waals surface area (Å²) in [5, 5.41) is 3.14. The van der Waals surface area contributed by atoms with E-state index in [1.165, 1.54) is 35.2 Å². The molecule has 1 aliphatic heterocycles. The Kier molecular flexibility index (Phi) is 7.08. The molecule has 0 spiro atoms. The van der Waals surface area contributed by atoms with Gasteiger partial charge in [-0.1, -0.05) is 42.5 Å². The van der Waals surface area contributed by atoms with Gasteiger partial charge < -0.3 is 5.32 Å². The largest absolute Gasteiger partial charge is 0.446 e. The number of halogens is 6. The summed E-state index contributed by atoms with van der Waals surface area (Å²) in [7, 11) is 0. The molecule has 3 nitrogen and oxygen atoms in total. The van der Waals surface area contributed by atoms with E-state index in [4.69, 9.17) is 0 Å². The lowest BCUT2D eigenvalue weighted by Gasteiger charge is -2.26. The second kappa shape index (κ2) is 9.93. The van der Waals surface area contributed by atoms with E-state index in [1.807, 2.05) is 37.3 Å². The zero-order chi connectivity index (χ0) is 26.1. The average Bonchev–Trinajstić information content (AvgIpc) is 3.14. The van der Waals surface area contributed by atoms with Crippen molar-refractivity contribution in [3.05, 3.63) is 107 Å². The van der Waals surface area contributed by atoms with Gasteiger partial charge in [-0.25, -0.2) is 0 Å². The first kappa shape index (κ1) is 25.7. The van der Waals surface area contributed by atoms with Gasteiger partial charge in [0.1, 0.15) is 0 Å². The van der Waals surface area contributed by atoms with Crippen molar-refractivity contribution in [3.8, 4) is 0 Å². The minimum Gasteiger partial charge on any atom is -0.374 e. The normalized spacial score (nSPS) is 17.2.